The number of carbonyl (C=O) groups is 1. The van der Waals surface area contributed by atoms with Gasteiger partial charge in [0.05, 0.1) is 17.5 Å². The van der Waals surface area contributed by atoms with Crippen molar-refractivity contribution in [1.29, 1.82) is 0 Å². The van der Waals surface area contributed by atoms with E-state index in [-0.39, 0.29) is 5.78 Å². The molecule has 0 aliphatic rings. The summed E-state index contributed by atoms with van der Waals surface area (Å²) in [6.07, 6.45) is 7.46. The summed E-state index contributed by atoms with van der Waals surface area (Å²) in [4.78, 5) is 22.7. The molecule has 4 nitrogen and oxygen atoms in total. The van der Waals surface area contributed by atoms with E-state index in [1.807, 2.05) is 85.2 Å². The molecule has 0 amide bonds. The van der Waals surface area contributed by atoms with Crippen molar-refractivity contribution in [2.24, 2.45) is 0 Å². The van der Waals surface area contributed by atoms with Crippen LogP contribution in [0.1, 0.15) is 32.7 Å². The molecular weight excluding hydrogens is 538 g/mol. The number of pyridine rings is 1. The maximum atomic E-state index is 13.1. The Kier molecular flexibility index (Phi) is 7.23. The van der Waals surface area contributed by atoms with E-state index in [0.29, 0.717) is 5.69 Å². The SMILES string of the molecule is O=C(C=Cc1ccccc1-c1cn(C(c2ccccc2)(c2ccccc2)c2ccccc2)cn1)c1ccc2ccccc2n1. The first-order valence-corrected chi connectivity index (χ1v) is 14.6. The van der Waals surface area contributed by atoms with Gasteiger partial charge in [0, 0.05) is 17.1 Å². The van der Waals surface area contributed by atoms with E-state index in [1.165, 1.54) is 0 Å². The minimum absolute atomic E-state index is 0.146. The van der Waals surface area contributed by atoms with E-state index in [2.05, 4.69) is 88.5 Å². The minimum atomic E-state index is -0.655. The van der Waals surface area contributed by atoms with Crippen LogP contribution in [0.25, 0.3) is 28.2 Å². The van der Waals surface area contributed by atoms with Crippen molar-refractivity contribution >= 4 is 22.8 Å². The van der Waals surface area contributed by atoms with Crippen LogP contribution in [-0.2, 0) is 5.54 Å². The zero-order valence-corrected chi connectivity index (χ0v) is 24.0. The lowest BCUT2D eigenvalue weighted by Gasteiger charge is -2.37. The first-order valence-electron chi connectivity index (χ1n) is 14.6. The Balaban J connectivity index is 1.31. The summed E-state index contributed by atoms with van der Waals surface area (Å²) in [5.74, 6) is -0.146. The third kappa shape index (κ3) is 4.93. The van der Waals surface area contributed by atoms with Crippen molar-refractivity contribution in [3.63, 3.8) is 0 Å². The van der Waals surface area contributed by atoms with E-state index in [4.69, 9.17) is 4.98 Å². The van der Waals surface area contributed by atoms with Gasteiger partial charge in [-0.05, 0) is 40.5 Å². The summed E-state index contributed by atoms with van der Waals surface area (Å²) in [6.45, 7) is 0. The van der Waals surface area contributed by atoms with Crippen LogP contribution in [-0.4, -0.2) is 20.3 Å². The predicted molar refractivity (Wildman–Crippen MR) is 177 cm³/mol. The molecule has 0 N–H and O–H groups in total. The highest BCUT2D eigenvalue weighted by atomic mass is 16.1. The second-order valence-corrected chi connectivity index (χ2v) is 10.6. The number of fused-ring (bicyclic) bond motifs is 1. The normalized spacial score (nSPS) is 11.6. The molecule has 2 heterocycles. The zero-order chi connectivity index (χ0) is 29.8. The molecule has 210 valence electrons. The van der Waals surface area contributed by atoms with Gasteiger partial charge in [-0.15, -0.1) is 0 Å². The lowest BCUT2D eigenvalue weighted by atomic mass is 9.77. The molecule has 5 aromatic carbocycles. The highest BCUT2D eigenvalue weighted by Crippen LogP contribution is 2.41. The van der Waals surface area contributed by atoms with Gasteiger partial charge in [0.15, 0.2) is 0 Å². The van der Waals surface area contributed by atoms with Gasteiger partial charge < -0.3 is 4.57 Å². The number of carbonyl (C=O) groups excluding carboxylic acids is 1. The Hall–Kier alpha value is -5.87. The highest BCUT2D eigenvalue weighted by molar-refractivity contribution is 6.06. The number of allylic oxidation sites excluding steroid dienone is 1. The molecule has 7 rings (SSSR count). The van der Waals surface area contributed by atoms with E-state index >= 15 is 0 Å². The molecule has 4 heteroatoms. The summed E-state index contributed by atoms with van der Waals surface area (Å²) < 4.78 is 2.20. The Labute approximate surface area is 256 Å². The number of aromatic nitrogens is 3. The summed E-state index contributed by atoms with van der Waals surface area (Å²) in [6, 6.07) is 51.1. The number of hydrogen-bond donors (Lipinski definition) is 0. The minimum Gasteiger partial charge on any atom is -0.318 e. The maximum Gasteiger partial charge on any atom is 0.204 e. The molecule has 0 radical (unpaired) electrons. The Morgan fingerprint density at radius 2 is 1.18 bits per heavy atom. The number of para-hydroxylation sites is 1. The lowest BCUT2D eigenvalue weighted by Crippen LogP contribution is -2.36. The average Bonchev–Trinajstić information content (AvgIpc) is 3.59. The molecule has 7 aromatic rings. The average molecular weight is 568 g/mol. The van der Waals surface area contributed by atoms with Gasteiger partial charge in [0.2, 0.25) is 5.78 Å². The second-order valence-electron chi connectivity index (χ2n) is 10.6. The van der Waals surface area contributed by atoms with Gasteiger partial charge in [-0.25, -0.2) is 9.97 Å². The summed E-state index contributed by atoms with van der Waals surface area (Å²) >= 11 is 0. The molecule has 0 saturated carbocycles. The van der Waals surface area contributed by atoms with E-state index in [1.54, 1.807) is 12.1 Å². The molecule has 0 fully saturated rings. The molecular formula is C40H29N3O. The van der Waals surface area contributed by atoms with Gasteiger partial charge in [0.1, 0.15) is 11.2 Å². The monoisotopic (exact) mass is 567 g/mol. The van der Waals surface area contributed by atoms with Crippen LogP contribution < -0.4 is 0 Å². The van der Waals surface area contributed by atoms with E-state index in [0.717, 1.165) is 44.4 Å². The Bertz CT molecular complexity index is 1980. The molecule has 0 atom stereocenters. The van der Waals surface area contributed by atoms with E-state index in [9.17, 15) is 4.79 Å². The van der Waals surface area contributed by atoms with Crippen molar-refractivity contribution in [3.8, 4) is 11.3 Å². The van der Waals surface area contributed by atoms with Crippen molar-refractivity contribution in [2.75, 3.05) is 0 Å². The van der Waals surface area contributed by atoms with Crippen molar-refractivity contribution in [1.82, 2.24) is 14.5 Å². The first kappa shape index (κ1) is 27.0. The highest BCUT2D eigenvalue weighted by Gasteiger charge is 2.38. The largest absolute Gasteiger partial charge is 0.318 e. The van der Waals surface area contributed by atoms with Crippen LogP contribution in [0.2, 0.25) is 0 Å². The molecule has 0 saturated heterocycles. The number of imidazole rings is 1. The van der Waals surface area contributed by atoms with Gasteiger partial charge in [-0.1, -0.05) is 146 Å². The van der Waals surface area contributed by atoms with Crippen LogP contribution in [0.4, 0.5) is 0 Å². The summed E-state index contributed by atoms with van der Waals surface area (Å²) in [5, 5.41) is 1.01. The Morgan fingerprint density at radius 1 is 0.614 bits per heavy atom. The molecule has 0 aliphatic heterocycles. The third-order valence-electron chi connectivity index (χ3n) is 8.05. The fourth-order valence-corrected chi connectivity index (χ4v) is 5.96. The van der Waals surface area contributed by atoms with Crippen LogP contribution in [0.5, 0.6) is 0 Å². The fourth-order valence-electron chi connectivity index (χ4n) is 5.96. The second kappa shape index (κ2) is 11.8. The molecule has 0 spiro atoms. The number of hydrogen-bond acceptors (Lipinski definition) is 3. The topological polar surface area (TPSA) is 47.8 Å². The van der Waals surface area contributed by atoms with Crippen LogP contribution in [0.15, 0.2) is 170 Å². The van der Waals surface area contributed by atoms with E-state index < -0.39 is 5.54 Å². The van der Waals surface area contributed by atoms with Gasteiger partial charge >= 0.3 is 0 Å². The fraction of sp³-hybridized carbons (Fsp3) is 0.0250. The number of nitrogens with zero attached hydrogens (tertiary/aromatic N) is 3. The van der Waals surface area contributed by atoms with Gasteiger partial charge in [0.25, 0.3) is 0 Å². The van der Waals surface area contributed by atoms with Gasteiger partial charge in [-0.3, -0.25) is 4.79 Å². The number of benzene rings is 5. The molecule has 2 aromatic heterocycles. The number of ketones is 1. The molecule has 0 aliphatic carbocycles. The third-order valence-corrected chi connectivity index (χ3v) is 8.05. The van der Waals surface area contributed by atoms with Gasteiger partial charge in [-0.2, -0.15) is 0 Å². The van der Waals surface area contributed by atoms with Crippen molar-refractivity contribution in [2.45, 2.75) is 5.54 Å². The summed E-state index contributed by atoms with van der Waals surface area (Å²) in [5.41, 5.74) is 6.60. The molecule has 44 heavy (non-hydrogen) atoms. The van der Waals surface area contributed by atoms with Crippen LogP contribution >= 0.6 is 0 Å². The smallest absolute Gasteiger partial charge is 0.204 e. The zero-order valence-electron chi connectivity index (χ0n) is 24.0. The van der Waals surface area contributed by atoms with Crippen molar-refractivity contribution in [3.05, 3.63) is 198 Å². The lowest BCUT2D eigenvalue weighted by molar-refractivity contribution is 0.104. The quantitative estimate of drug-likeness (QED) is 0.105. The van der Waals surface area contributed by atoms with Crippen LogP contribution in [0, 0.1) is 0 Å². The molecule has 0 unspecified atom stereocenters. The molecule has 0 bridgehead atoms. The maximum absolute atomic E-state index is 13.1. The number of rotatable bonds is 8. The van der Waals surface area contributed by atoms with Crippen LogP contribution in [0.3, 0.4) is 0 Å². The first-order chi connectivity index (χ1) is 21.7. The Morgan fingerprint density at radius 3 is 1.84 bits per heavy atom. The predicted octanol–water partition coefficient (Wildman–Crippen LogP) is 8.83. The van der Waals surface area contributed by atoms with Crippen molar-refractivity contribution < 1.29 is 4.79 Å². The standard InChI is InChI=1S/C40H29N3O/c44-39(37-26-24-31-15-11-13-23-36(31)42-37)27-25-30-14-10-12-22-35(30)38-28-43(29-41-38)40(32-16-4-1-5-17-32,33-18-6-2-7-19-33)34-20-8-3-9-21-34/h1-29H. The summed E-state index contributed by atoms with van der Waals surface area (Å²) in [7, 11) is 0.